The fourth-order valence-corrected chi connectivity index (χ4v) is 9.11. The maximum Gasteiger partial charge on any atom is 0.159 e. The number of fused-ring (bicyclic) bond motifs is 9. The number of hydrogen-bond acceptors (Lipinski definition) is 4. The molecule has 0 saturated heterocycles. The van der Waals surface area contributed by atoms with E-state index in [2.05, 4.69) is 169 Å². The van der Waals surface area contributed by atoms with Crippen molar-refractivity contribution in [3.63, 3.8) is 0 Å². The molecule has 0 unspecified atom stereocenters. The second-order valence-electron chi connectivity index (χ2n) is 15.1. The van der Waals surface area contributed by atoms with Crippen LogP contribution in [0.25, 0.3) is 93.6 Å². The second-order valence-corrected chi connectivity index (χ2v) is 15.1. The maximum atomic E-state index is 7.21. The van der Waals surface area contributed by atoms with Crippen LogP contribution in [0.1, 0.15) is 18.4 Å². The summed E-state index contributed by atoms with van der Waals surface area (Å²) < 4.78 is 20.2. The molecular weight excluding hydrogens is 711 g/mol. The Hall–Kier alpha value is -7.56. The van der Waals surface area contributed by atoms with E-state index in [0.717, 1.165) is 112 Å². The molecule has 0 saturated carbocycles. The van der Waals surface area contributed by atoms with Gasteiger partial charge < -0.3 is 18.2 Å². The van der Waals surface area contributed by atoms with Gasteiger partial charge in [-0.05, 0) is 77.6 Å². The van der Waals surface area contributed by atoms with Gasteiger partial charge in [-0.1, -0.05) is 146 Å². The van der Waals surface area contributed by atoms with E-state index in [-0.39, 0.29) is 0 Å². The Kier molecular flexibility index (Phi) is 7.32. The molecular formula is C54H35NO3. The van der Waals surface area contributed by atoms with Crippen LogP contribution in [0.4, 0.5) is 11.4 Å². The molecule has 3 heterocycles. The van der Waals surface area contributed by atoms with E-state index in [9.17, 15) is 0 Å². The van der Waals surface area contributed by atoms with Crippen LogP contribution in [0.5, 0.6) is 0 Å². The number of rotatable bonds is 6. The Morgan fingerprint density at radius 3 is 1.81 bits per heavy atom. The van der Waals surface area contributed by atoms with Crippen molar-refractivity contribution in [1.82, 2.24) is 0 Å². The highest BCUT2D eigenvalue weighted by Gasteiger charge is 2.26. The summed E-state index contributed by atoms with van der Waals surface area (Å²) in [6.45, 7) is 0. The lowest BCUT2D eigenvalue weighted by molar-refractivity contribution is 0.664. The molecule has 0 atom stereocenters. The van der Waals surface area contributed by atoms with Gasteiger partial charge in [0.05, 0.1) is 5.69 Å². The highest BCUT2D eigenvalue weighted by molar-refractivity contribution is 6.24. The molecule has 4 heteroatoms. The smallest absolute Gasteiger partial charge is 0.159 e. The Morgan fingerprint density at radius 1 is 0.397 bits per heavy atom. The topological polar surface area (TPSA) is 42.7 Å². The van der Waals surface area contributed by atoms with Gasteiger partial charge in [0.1, 0.15) is 27.9 Å². The second kappa shape index (κ2) is 13.0. The van der Waals surface area contributed by atoms with Crippen LogP contribution < -0.4 is 4.90 Å². The first kappa shape index (κ1) is 32.7. The zero-order valence-corrected chi connectivity index (χ0v) is 31.5. The van der Waals surface area contributed by atoms with Crippen molar-refractivity contribution in [3.05, 3.63) is 199 Å². The monoisotopic (exact) mass is 745 g/mol. The van der Waals surface area contributed by atoms with Crippen LogP contribution in [0.15, 0.2) is 207 Å². The van der Waals surface area contributed by atoms with E-state index in [1.54, 1.807) is 0 Å². The molecule has 0 N–H and O–H groups in total. The number of benzene rings is 8. The Morgan fingerprint density at radius 2 is 1.05 bits per heavy atom. The van der Waals surface area contributed by atoms with Gasteiger partial charge in [0.25, 0.3) is 0 Å². The van der Waals surface area contributed by atoms with E-state index in [0.29, 0.717) is 0 Å². The standard InChI is InChI=1S/C54H35NO3/c1-3-13-34(14-4-1)35-25-29-38(30-26-35)55(39-31-27-36(28-32-39)40-19-11-20-42-41-17-7-9-23-47(41)57-52(40)42)46-22-12-21-43-45-33-49-51(44-18-8-10-24-48(44)56-49)50(54(45)58-53(43)46)37-15-5-2-6-16-37/h1-25,27-29,31-33H,26,30H2. The predicted molar refractivity (Wildman–Crippen MR) is 239 cm³/mol. The molecule has 8 aromatic carbocycles. The zero-order valence-electron chi connectivity index (χ0n) is 31.5. The number of nitrogens with zero attached hydrogens (tertiary/aromatic N) is 1. The summed E-state index contributed by atoms with van der Waals surface area (Å²) in [5, 5.41) is 6.47. The molecule has 0 fully saturated rings. The van der Waals surface area contributed by atoms with Crippen LogP contribution in [0.2, 0.25) is 0 Å². The molecule has 0 aliphatic heterocycles. The van der Waals surface area contributed by atoms with Crippen molar-refractivity contribution in [1.29, 1.82) is 0 Å². The molecule has 3 aromatic heterocycles. The van der Waals surface area contributed by atoms with Crippen LogP contribution in [-0.4, -0.2) is 0 Å². The van der Waals surface area contributed by atoms with Crippen molar-refractivity contribution < 1.29 is 13.3 Å². The maximum absolute atomic E-state index is 7.21. The lowest BCUT2D eigenvalue weighted by Crippen LogP contribution is -2.18. The molecule has 274 valence electrons. The van der Waals surface area contributed by atoms with Crippen LogP contribution >= 0.6 is 0 Å². The molecule has 4 nitrogen and oxygen atoms in total. The first-order valence-electron chi connectivity index (χ1n) is 19.9. The van der Waals surface area contributed by atoms with E-state index in [1.807, 2.05) is 24.3 Å². The third-order valence-electron chi connectivity index (χ3n) is 11.8. The summed E-state index contributed by atoms with van der Waals surface area (Å²) in [5.74, 6) is 0. The normalized spacial score (nSPS) is 13.2. The van der Waals surface area contributed by atoms with Crippen molar-refractivity contribution in [2.75, 3.05) is 4.90 Å². The lowest BCUT2D eigenvalue weighted by Gasteiger charge is -2.30. The molecule has 0 bridgehead atoms. The molecule has 12 rings (SSSR count). The molecule has 0 radical (unpaired) electrons. The minimum absolute atomic E-state index is 0.835. The molecule has 58 heavy (non-hydrogen) atoms. The SMILES string of the molecule is C1=C(c2ccccc2)CCC(N(c2ccc(-c3cccc4c3oc3ccccc34)cc2)c2cccc3c2oc2c(-c4ccccc4)c4c(cc23)oc2ccccc24)=C1. The van der Waals surface area contributed by atoms with Crippen molar-refractivity contribution in [2.24, 2.45) is 0 Å². The van der Waals surface area contributed by atoms with Crippen LogP contribution in [0, 0.1) is 0 Å². The van der Waals surface area contributed by atoms with Crippen LogP contribution in [0.3, 0.4) is 0 Å². The summed E-state index contributed by atoms with van der Waals surface area (Å²) in [4.78, 5) is 2.39. The van der Waals surface area contributed by atoms with Gasteiger partial charge in [-0.15, -0.1) is 0 Å². The summed E-state index contributed by atoms with van der Waals surface area (Å²) in [6.07, 6.45) is 6.36. The van der Waals surface area contributed by atoms with Gasteiger partial charge in [-0.25, -0.2) is 0 Å². The van der Waals surface area contributed by atoms with Crippen molar-refractivity contribution >= 4 is 82.8 Å². The van der Waals surface area contributed by atoms with Gasteiger partial charge in [0, 0.05) is 54.8 Å². The lowest BCUT2D eigenvalue weighted by atomic mass is 9.94. The molecule has 1 aliphatic rings. The highest BCUT2D eigenvalue weighted by Crippen LogP contribution is 2.48. The van der Waals surface area contributed by atoms with E-state index in [4.69, 9.17) is 13.3 Å². The summed E-state index contributed by atoms with van der Waals surface area (Å²) in [6, 6.07) is 61.7. The van der Waals surface area contributed by atoms with E-state index in [1.165, 1.54) is 16.8 Å². The Labute approximate surface area is 334 Å². The van der Waals surface area contributed by atoms with Gasteiger partial charge in [0.2, 0.25) is 0 Å². The minimum Gasteiger partial charge on any atom is -0.456 e. The number of para-hydroxylation sites is 4. The fourth-order valence-electron chi connectivity index (χ4n) is 9.11. The van der Waals surface area contributed by atoms with Crippen LogP contribution in [-0.2, 0) is 0 Å². The Bertz CT molecular complexity index is 3440. The van der Waals surface area contributed by atoms with Crippen molar-refractivity contribution in [2.45, 2.75) is 12.8 Å². The zero-order chi connectivity index (χ0) is 38.2. The summed E-state index contributed by atoms with van der Waals surface area (Å²) in [7, 11) is 0. The number of anilines is 2. The van der Waals surface area contributed by atoms with Gasteiger partial charge >= 0.3 is 0 Å². The third-order valence-corrected chi connectivity index (χ3v) is 11.8. The number of allylic oxidation sites excluding steroid dienone is 4. The first-order valence-corrected chi connectivity index (χ1v) is 19.9. The quantitative estimate of drug-likeness (QED) is 0.170. The third kappa shape index (κ3) is 5.08. The molecule has 11 aromatic rings. The highest BCUT2D eigenvalue weighted by atomic mass is 16.3. The van der Waals surface area contributed by atoms with Gasteiger partial charge in [-0.2, -0.15) is 0 Å². The minimum atomic E-state index is 0.835. The van der Waals surface area contributed by atoms with Gasteiger partial charge in [0.15, 0.2) is 5.58 Å². The van der Waals surface area contributed by atoms with Crippen molar-refractivity contribution in [3.8, 4) is 22.3 Å². The molecule has 1 aliphatic carbocycles. The van der Waals surface area contributed by atoms with E-state index >= 15 is 0 Å². The summed E-state index contributed by atoms with van der Waals surface area (Å²) in [5.41, 5.74) is 15.3. The number of furan rings is 3. The largest absolute Gasteiger partial charge is 0.456 e. The predicted octanol–water partition coefficient (Wildman–Crippen LogP) is 15.6. The van der Waals surface area contributed by atoms with Gasteiger partial charge in [-0.3, -0.25) is 0 Å². The average Bonchev–Trinajstić information content (AvgIpc) is 3.98. The molecule has 0 amide bonds. The van der Waals surface area contributed by atoms with E-state index < -0.39 is 0 Å². The Balaban J connectivity index is 1.06. The fraction of sp³-hybridized carbons (Fsp3) is 0.0370. The summed E-state index contributed by atoms with van der Waals surface area (Å²) >= 11 is 0. The number of hydrogen-bond donors (Lipinski definition) is 0. The molecule has 0 spiro atoms. The first-order chi connectivity index (χ1) is 28.8. The average molecular weight is 746 g/mol.